The average Bonchev–Trinajstić information content (AvgIpc) is 2.30. The van der Waals surface area contributed by atoms with E-state index in [9.17, 15) is 4.79 Å². The smallest absolute Gasteiger partial charge is 0.167 e. The molecule has 0 heterocycles. The van der Waals surface area contributed by atoms with Gasteiger partial charge in [-0.05, 0) is 20.8 Å². The third-order valence-corrected chi connectivity index (χ3v) is 2.43. The third-order valence-electron chi connectivity index (χ3n) is 2.43. The van der Waals surface area contributed by atoms with Gasteiger partial charge < -0.3 is 9.47 Å². The van der Waals surface area contributed by atoms with Gasteiger partial charge in [-0.1, -0.05) is 29.8 Å². The van der Waals surface area contributed by atoms with Crippen molar-refractivity contribution in [3.63, 3.8) is 0 Å². The Balaban J connectivity index is 2.60. The summed E-state index contributed by atoms with van der Waals surface area (Å²) in [6.45, 7) is 6.87. The van der Waals surface area contributed by atoms with E-state index in [1.165, 1.54) is 0 Å². The van der Waals surface area contributed by atoms with Crippen molar-refractivity contribution in [3.8, 4) is 0 Å². The van der Waals surface area contributed by atoms with Gasteiger partial charge in [-0.15, -0.1) is 0 Å². The highest BCUT2D eigenvalue weighted by Gasteiger charge is 2.15. The Morgan fingerprint density at radius 3 is 2.12 bits per heavy atom. The number of hydrogen-bond donors (Lipinski definition) is 0. The molecular weight excluding hydrogens is 216 g/mol. The highest BCUT2D eigenvalue weighted by Crippen LogP contribution is 2.10. The average molecular weight is 236 g/mol. The summed E-state index contributed by atoms with van der Waals surface area (Å²) in [6.07, 6.45) is -0.163. The molecule has 1 rings (SSSR count). The molecule has 0 aromatic heterocycles. The molecule has 0 radical (unpaired) electrons. The summed E-state index contributed by atoms with van der Waals surface area (Å²) in [4.78, 5) is 12.0. The van der Waals surface area contributed by atoms with Crippen LogP contribution in [0.5, 0.6) is 0 Å². The maximum atomic E-state index is 12.0. The fourth-order valence-corrected chi connectivity index (χ4v) is 1.55. The Hall–Kier alpha value is -1.19. The second-order valence-electron chi connectivity index (χ2n) is 3.83. The number of carbonyl (C=O) groups is 1. The van der Waals surface area contributed by atoms with Crippen LogP contribution < -0.4 is 0 Å². The molecule has 0 spiro atoms. The summed E-state index contributed by atoms with van der Waals surface area (Å²) in [6, 6.07) is 7.55. The molecule has 1 aromatic carbocycles. The second kappa shape index (κ2) is 7.20. The zero-order valence-electron chi connectivity index (χ0n) is 10.7. The number of ether oxygens (including phenoxy) is 2. The van der Waals surface area contributed by atoms with Crippen molar-refractivity contribution in [2.45, 2.75) is 33.5 Å². The van der Waals surface area contributed by atoms with Gasteiger partial charge in [0, 0.05) is 18.8 Å². The van der Waals surface area contributed by atoms with Crippen molar-refractivity contribution < 1.29 is 14.3 Å². The van der Waals surface area contributed by atoms with E-state index in [4.69, 9.17) is 9.47 Å². The van der Waals surface area contributed by atoms with E-state index in [1.807, 2.05) is 45.0 Å². The molecular formula is C14H20O3. The van der Waals surface area contributed by atoms with E-state index >= 15 is 0 Å². The number of aryl methyl sites for hydroxylation is 1. The van der Waals surface area contributed by atoms with E-state index in [-0.39, 0.29) is 12.2 Å². The molecule has 0 aliphatic heterocycles. The largest absolute Gasteiger partial charge is 0.352 e. The normalized spacial score (nSPS) is 10.8. The quantitative estimate of drug-likeness (QED) is 0.539. The van der Waals surface area contributed by atoms with Crippen LogP contribution in [0.4, 0.5) is 0 Å². The second-order valence-corrected chi connectivity index (χ2v) is 3.83. The van der Waals surface area contributed by atoms with Crippen LogP contribution >= 0.6 is 0 Å². The molecule has 0 aliphatic carbocycles. The topological polar surface area (TPSA) is 35.5 Å². The Morgan fingerprint density at radius 1 is 1.12 bits per heavy atom. The molecule has 0 atom stereocenters. The first kappa shape index (κ1) is 13.9. The zero-order chi connectivity index (χ0) is 12.7. The van der Waals surface area contributed by atoms with Gasteiger partial charge in [0.15, 0.2) is 12.1 Å². The highest BCUT2D eigenvalue weighted by molar-refractivity contribution is 5.96. The lowest BCUT2D eigenvalue weighted by molar-refractivity contribution is -0.133. The predicted octanol–water partition coefficient (Wildman–Crippen LogP) is 2.97. The summed E-state index contributed by atoms with van der Waals surface area (Å²) in [5.74, 6) is 0.0527. The molecule has 0 fully saturated rings. The molecule has 0 aliphatic rings. The van der Waals surface area contributed by atoms with Crippen LogP contribution in [-0.4, -0.2) is 25.3 Å². The van der Waals surface area contributed by atoms with Gasteiger partial charge in [-0.3, -0.25) is 4.79 Å². The van der Waals surface area contributed by atoms with Crippen molar-refractivity contribution in [1.82, 2.24) is 0 Å². The number of Topliss-reactive ketones (excluding diaryl/α,β-unsaturated/α-hetero) is 1. The van der Waals surface area contributed by atoms with Crippen LogP contribution in [0.2, 0.25) is 0 Å². The minimum absolute atomic E-state index is 0.0527. The molecule has 3 nitrogen and oxygen atoms in total. The van der Waals surface area contributed by atoms with E-state index in [0.29, 0.717) is 18.8 Å². The van der Waals surface area contributed by atoms with Crippen LogP contribution in [0.3, 0.4) is 0 Å². The lowest BCUT2D eigenvalue weighted by Gasteiger charge is -2.15. The Morgan fingerprint density at radius 2 is 1.65 bits per heavy atom. The summed E-state index contributed by atoms with van der Waals surface area (Å²) in [5.41, 5.74) is 1.85. The fraction of sp³-hybridized carbons (Fsp3) is 0.500. The first-order chi connectivity index (χ1) is 8.17. The van der Waals surface area contributed by atoms with Crippen molar-refractivity contribution in [1.29, 1.82) is 0 Å². The van der Waals surface area contributed by atoms with Gasteiger partial charge in [-0.2, -0.15) is 0 Å². The van der Waals surface area contributed by atoms with Crippen molar-refractivity contribution in [3.05, 3.63) is 35.4 Å². The number of benzene rings is 1. The van der Waals surface area contributed by atoms with E-state index in [2.05, 4.69) is 0 Å². The van der Waals surface area contributed by atoms with Crippen molar-refractivity contribution in [2.24, 2.45) is 0 Å². The van der Waals surface area contributed by atoms with Crippen LogP contribution in [0.25, 0.3) is 0 Å². The van der Waals surface area contributed by atoms with Gasteiger partial charge in [0.2, 0.25) is 0 Å². The molecule has 0 amide bonds. The lowest BCUT2D eigenvalue weighted by Crippen LogP contribution is -2.21. The van der Waals surface area contributed by atoms with Crippen LogP contribution in [0.15, 0.2) is 24.3 Å². The number of carbonyl (C=O) groups excluding carboxylic acids is 1. The Labute approximate surface area is 103 Å². The molecule has 0 saturated carbocycles. The van der Waals surface area contributed by atoms with Gasteiger partial charge in [-0.25, -0.2) is 0 Å². The third kappa shape index (κ3) is 4.67. The zero-order valence-corrected chi connectivity index (χ0v) is 10.7. The standard InChI is InChI=1S/C14H20O3/c1-4-16-14(17-5-2)10-13(15)12-8-6-11(3)7-9-12/h6-9,14H,4-5,10H2,1-3H3. The monoisotopic (exact) mass is 236 g/mol. The summed E-state index contributed by atoms with van der Waals surface area (Å²) >= 11 is 0. The molecule has 0 bridgehead atoms. The minimum Gasteiger partial charge on any atom is -0.352 e. The predicted molar refractivity (Wildman–Crippen MR) is 67.2 cm³/mol. The summed E-state index contributed by atoms with van der Waals surface area (Å²) < 4.78 is 10.7. The van der Waals surface area contributed by atoms with E-state index in [1.54, 1.807) is 0 Å². The first-order valence-corrected chi connectivity index (χ1v) is 6.00. The Kier molecular flexibility index (Phi) is 5.87. The summed E-state index contributed by atoms with van der Waals surface area (Å²) in [7, 11) is 0. The SMILES string of the molecule is CCOC(CC(=O)c1ccc(C)cc1)OCC. The number of ketones is 1. The molecule has 1 aromatic rings. The Bertz CT molecular complexity index is 337. The van der Waals surface area contributed by atoms with Gasteiger partial charge in [0.05, 0.1) is 6.42 Å². The van der Waals surface area contributed by atoms with Crippen LogP contribution in [-0.2, 0) is 9.47 Å². The van der Waals surface area contributed by atoms with Gasteiger partial charge >= 0.3 is 0 Å². The minimum atomic E-state index is -0.432. The molecule has 0 N–H and O–H groups in total. The first-order valence-electron chi connectivity index (χ1n) is 6.00. The summed E-state index contributed by atoms with van der Waals surface area (Å²) in [5, 5.41) is 0. The van der Waals surface area contributed by atoms with E-state index < -0.39 is 6.29 Å². The maximum absolute atomic E-state index is 12.0. The lowest BCUT2D eigenvalue weighted by atomic mass is 10.1. The molecule has 94 valence electrons. The number of rotatable bonds is 7. The van der Waals surface area contributed by atoms with Gasteiger partial charge in [0.1, 0.15) is 0 Å². The van der Waals surface area contributed by atoms with Crippen LogP contribution in [0, 0.1) is 6.92 Å². The van der Waals surface area contributed by atoms with Crippen LogP contribution in [0.1, 0.15) is 36.2 Å². The van der Waals surface area contributed by atoms with Crippen molar-refractivity contribution >= 4 is 5.78 Å². The molecule has 0 saturated heterocycles. The molecule has 17 heavy (non-hydrogen) atoms. The fourth-order valence-electron chi connectivity index (χ4n) is 1.55. The highest BCUT2D eigenvalue weighted by atomic mass is 16.7. The number of hydrogen-bond acceptors (Lipinski definition) is 3. The van der Waals surface area contributed by atoms with Crippen molar-refractivity contribution in [2.75, 3.05) is 13.2 Å². The molecule has 3 heteroatoms. The molecule has 0 unspecified atom stereocenters. The maximum Gasteiger partial charge on any atom is 0.167 e. The van der Waals surface area contributed by atoms with Gasteiger partial charge in [0.25, 0.3) is 0 Å². The van der Waals surface area contributed by atoms with E-state index in [0.717, 1.165) is 5.56 Å².